The SMILES string of the molecule is Cn1nc(C2C3CC4CC(C3)CC2C4)c(C#N)c1N. The lowest BCUT2D eigenvalue weighted by Crippen LogP contribution is -2.44. The fourth-order valence-electron chi connectivity index (χ4n) is 5.28. The molecule has 100 valence electrons. The van der Waals surface area contributed by atoms with E-state index in [9.17, 15) is 5.26 Å². The molecule has 0 saturated heterocycles. The molecule has 0 aliphatic heterocycles. The van der Waals surface area contributed by atoms with Gasteiger partial charge in [-0.15, -0.1) is 0 Å². The third kappa shape index (κ3) is 1.47. The van der Waals surface area contributed by atoms with Crippen molar-refractivity contribution in [3.8, 4) is 6.07 Å². The van der Waals surface area contributed by atoms with Crippen LogP contribution in [0.3, 0.4) is 0 Å². The Morgan fingerprint density at radius 3 is 2.26 bits per heavy atom. The van der Waals surface area contributed by atoms with Crippen molar-refractivity contribution in [2.45, 2.75) is 38.0 Å². The van der Waals surface area contributed by atoms with Crippen LogP contribution in [0, 0.1) is 35.0 Å². The van der Waals surface area contributed by atoms with E-state index < -0.39 is 0 Å². The molecule has 4 nitrogen and oxygen atoms in total. The second-order valence-electron chi connectivity index (χ2n) is 6.84. The van der Waals surface area contributed by atoms with E-state index in [2.05, 4.69) is 11.2 Å². The molecule has 4 aliphatic rings. The highest BCUT2D eigenvalue weighted by Crippen LogP contribution is 2.60. The Morgan fingerprint density at radius 2 is 1.74 bits per heavy atom. The van der Waals surface area contributed by atoms with Crippen LogP contribution in [-0.2, 0) is 7.05 Å². The van der Waals surface area contributed by atoms with Crippen LogP contribution in [0.25, 0.3) is 0 Å². The fraction of sp³-hybridized carbons (Fsp3) is 0.733. The Kier molecular flexibility index (Phi) is 2.24. The second-order valence-corrected chi connectivity index (χ2v) is 6.84. The van der Waals surface area contributed by atoms with Crippen molar-refractivity contribution in [2.24, 2.45) is 30.7 Å². The van der Waals surface area contributed by atoms with E-state index in [0.717, 1.165) is 29.4 Å². The van der Waals surface area contributed by atoms with Crippen LogP contribution in [-0.4, -0.2) is 9.78 Å². The maximum absolute atomic E-state index is 9.38. The van der Waals surface area contributed by atoms with E-state index in [1.807, 2.05) is 7.05 Å². The third-order valence-electron chi connectivity index (χ3n) is 5.77. The Hall–Kier alpha value is -1.50. The molecule has 1 aromatic rings. The summed E-state index contributed by atoms with van der Waals surface area (Å²) in [5, 5.41) is 14.0. The molecule has 4 aliphatic carbocycles. The molecule has 4 bridgehead atoms. The van der Waals surface area contributed by atoms with Crippen molar-refractivity contribution in [1.29, 1.82) is 5.26 Å². The number of aromatic nitrogens is 2. The average Bonchev–Trinajstić information content (AvgIpc) is 2.64. The zero-order chi connectivity index (χ0) is 13.1. The van der Waals surface area contributed by atoms with Gasteiger partial charge in [0.15, 0.2) is 0 Å². The van der Waals surface area contributed by atoms with Gasteiger partial charge in [-0.2, -0.15) is 10.4 Å². The summed E-state index contributed by atoms with van der Waals surface area (Å²) in [6, 6.07) is 2.29. The smallest absolute Gasteiger partial charge is 0.139 e. The summed E-state index contributed by atoms with van der Waals surface area (Å²) in [7, 11) is 1.84. The van der Waals surface area contributed by atoms with Crippen LogP contribution in [0.15, 0.2) is 0 Å². The number of nitriles is 1. The lowest BCUT2D eigenvalue weighted by Gasteiger charge is -2.54. The fourth-order valence-corrected chi connectivity index (χ4v) is 5.28. The van der Waals surface area contributed by atoms with Gasteiger partial charge in [0.25, 0.3) is 0 Å². The predicted molar refractivity (Wildman–Crippen MR) is 72.1 cm³/mol. The zero-order valence-electron chi connectivity index (χ0n) is 11.3. The van der Waals surface area contributed by atoms with Crippen LogP contribution in [0.2, 0.25) is 0 Å². The average molecular weight is 256 g/mol. The molecule has 2 N–H and O–H groups in total. The van der Waals surface area contributed by atoms with Crippen LogP contribution < -0.4 is 5.73 Å². The van der Waals surface area contributed by atoms with Gasteiger partial charge in [-0.05, 0) is 55.8 Å². The first-order valence-corrected chi connectivity index (χ1v) is 7.39. The van der Waals surface area contributed by atoms with E-state index in [-0.39, 0.29) is 0 Å². The quantitative estimate of drug-likeness (QED) is 0.839. The number of nitrogens with two attached hydrogens (primary N) is 1. The lowest BCUT2D eigenvalue weighted by atomic mass is 9.51. The monoisotopic (exact) mass is 256 g/mol. The minimum Gasteiger partial charge on any atom is -0.383 e. The van der Waals surface area contributed by atoms with Crippen molar-refractivity contribution in [1.82, 2.24) is 9.78 Å². The first-order valence-electron chi connectivity index (χ1n) is 7.39. The number of anilines is 1. The molecule has 0 unspecified atom stereocenters. The molecular weight excluding hydrogens is 236 g/mol. The largest absolute Gasteiger partial charge is 0.383 e. The Bertz CT molecular complexity index is 537. The summed E-state index contributed by atoms with van der Waals surface area (Å²) < 4.78 is 1.68. The van der Waals surface area contributed by atoms with E-state index in [0.29, 0.717) is 17.3 Å². The minimum absolute atomic E-state index is 0.492. The maximum atomic E-state index is 9.38. The topological polar surface area (TPSA) is 67.6 Å². The maximum Gasteiger partial charge on any atom is 0.139 e. The standard InChI is InChI=1S/C15H20N4/c1-19-15(17)12(7-16)14(18-19)13-10-3-8-2-9(5-10)6-11(13)4-8/h8-11,13H,2-6,17H2,1H3. The number of hydrogen-bond acceptors (Lipinski definition) is 3. The summed E-state index contributed by atoms with van der Waals surface area (Å²) in [6.07, 6.45) is 6.84. The molecule has 0 amide bonds. The molecule has 1 aromatic heterocycles. The van der Waals surface area contributed by atoms with Gasteiger partial charge < -0.3 is 5.73 Å². The summed E-state index contributed by atoms with van der Waals surface area (Å²) in [6.45, 7) is 0. The molecular formula is C15H20N4. The van der Waals surface area contributed by atoms with Crippen LogP contribution in [0.4, 0.5) is 5.82 Å². The molecule has 5 rings (SSSR count). The molecule has 1 heterocycles. The zero-order valence-corrected chi connectivity index (χ0v) is 11.3. The van der Waals surface area contributed by atoms with Gasteiger partial charge >= 0.3 is 0 Å². The first kappa shape index (κ1) is 11.3. The third-order valence-corrected chi connectivity index (χ3v) is 5.77. The Balaban J connectivity index is 1.77. The predicted octanol–water partition coefficient (Wildman–Crippen LogP) is 2.41. The van der Waals surface area contributed by atoms with Gasteiger partial charge in [0.1, 0.15) is 17.5 Å². The number of hydrogen-bond donors (Lipinski definition) is 1. The summed E-state index contributed by atoms with van der Waals surface area (Å²) in [5.41, 5.74) is 7.62. The van der Waals surface area contributed by atoms with Crippen molar-refractivity contribution < 1.29 is 0 Å². The molecule has 4 saturated carbocycles. The molecule has 0 atom stereocenters. The van der Waals surface area contributed by atoms with E-state index in [4.69, 9.17) is 5.73 Å². The van der Waals surface area contributed by atoms with Crippen LogP contribution in [0.1, 0.15) is 49.3 Å². The molecule has 19 heavy (non-hydrogen) atoms. The molecule has 4 fully saturated rings. The first-order chi connectivity index (χ1) is 9.17. The van der Waals surface area contributed by atoms with Crippen LogP contribution in [0.5, 0.6) is 0 Å². The summed E-state index contributed by atoms with van der Waals surface area (Å²) in [5.74, 6) is 4.42. The number of nitrogen functional groups attached to an aromatic ring is 1. The van der Waals surface area contributed by atoms with Gasteiger partial charge in [0.2, 0.25) is 0 Å². The second kappa shape index (κ2) is 3.75. The van der Waals surface area contributed by atoms with E-state index in [1.54, 1.807) is 4.68 Å². The molecule has 0 radical (unpaired) electrons. The Labute approximate surface area is 113 Å². The van der Waals surface area contributed by atoms with Crippen molar-refractivity contribution in [2.75, 3.05) is 5.73 Å². The van der Waals surface area contributed by atoms with Gasteiger partial charge in [-0.1, -0.05) is 0 Å². The number of rotatable bonds is 1. The number of nitrogens with zero attached hydrogens (tertiary/aromatic N) is 3. The van der Waals surface area contributed by atoms with E-state index >= 15 is 0 Å². The molecule has 0 aromatic carbocycles. The minimum atomic E-state index is 0.492. The lowest BCUT2D eigenvalue weighted by molar-refractivity contribution is -0.00438. The highest BCUT2D eigenvalue weighted by molar-refractivity contribution is 5.53. The van der Waals surface area contributed by atoms with Gasteiger partial charge in [-0.3, -0.25) is 4.68 Å². The number of aryl methyl sites for hydroxylation is 1. The van der Waals surface area contributed by atoms with Gasteiger partial charge in [0, 0.05) is 13.0 Å². The van der Waals surface area contributed by atoms with Gasteiger partial charge in [-0.25, -0.2) is 0 Å². The summed E-state index contributed by atoms with van der Waals surface area (Å²) in [4.78, 5) is 0. The van der Waals surface area contributed by atoms with Gasteiger partial charge in [0.05, 0.1) is 5.69 Å². The van der Waals surface area contributed by atoms with Crippen molar-refractivity contribution >= 4 is 5.82 Å². The van der Waals surface area contributed by atoms with E-state index in [1.165, 1.54) is 32.1 Å². The molecule has 4 heteroatoms. The highest BCUT2D eigenvalue weighted by Gasteiger charge is 2.50. The molecule has 0 spiro atoms. The highest BCUT2D eigenvalue weighted by atomic mass is 15.3. The van der Waals surface area contributed by atoms with Crippen molar-refractivity contribution in [3.63, 3.8) is 0 Å². The van der Waals surface area contributed by atoms with Crippen molar-refractivity contribution in [3.05, 3.63) is 11.3 Å². The summed E-state index contributed by atoms with van der Waals surface area (Å²) >= 11 is 0. The normalized spacial score (nSPS) is 39.5. The Morgan fingerprint density at radius 1 is 1.16 bits per heavy atom. The van der Waals surface area contributed by atoms with Crippen LogP contribution >= 0.6 is 0 Å².